The minimum absolute atomic E-state index is 0. The average Bonchev–Trinajstić information content (AvgIpc) is 1.62. The molecule has 0 aliphatic carbocycles. The van der Waals surface area contributed by atoms with Gasteiger partial charge in [-0.2, -0.15) is 13.2 Å². The minimum Gasteiger partial charge on any atom is -0.318 e. The number of rotatable bonds is 1. The lowest BCUT2D eigenvalue weighted by molar-refractivity contribution is -0.150. The van der Waals surface area contributed by atoms with E-state index in [4.69, 9.17) is 0 Å². The van der Waals surface area contributed by atoms with Gasteiger partial charge in [0.25, 0.3) is 0 Å². The van der Waals surface area contributed by atoms with Crippen molar-refractivity contribution in [3.8, 4) is 0 Å². The van der Waals surface area contributed by atoms with E-state index in [0.29, 0.717) is 0 Å². The van der Waals surface area contributed by atoms with Crippen LogP contribution in [0.5, 0.6) is 0 Å². The summed E-state index contributed by atoms with van der Waals surface area (Å²) in [6, 6.07) is -2.32. The highest BCUT2D eigenvalue weighted by atomic mass is 35.5. The summed E-state index contributed by atoms with van der Waals surface area (Å²) in [6.07, 6.45) is -4.59. The molecule has 0 saturated heterocycles. The molecule has 6 heteroatoms. The summed E-state index contributed by atoms with van der Waals surface area (Å²) in [4.78, 5) is 0. The standard InChI is InChI=1S/C3H5F4N.ClH/c4-1-2(8)3(5,6)7;/h2H,1,8H2;1H/t2-;/m0./s1. The molecule has 0 heterocycles. The summed E-state index contributed by atoms with van der Waals surface area (Å²) >= 11 is 0. The topological polar surface area (TPSA) is 26.0 Å². The van der Waals surface area contributed by atoms with E-state index in [0.717, 1.165) is 0 Å². The zero-order valence-electron chi connectivity index (χ0n) is 4.28. The van der Waals surface area contributed by atoms with Gasteiger partial charge in [-0.05, 0) is 0 Å². The molecule has 58 valence electrons. The van der Waals surface area contributed by atoms with Crippen LogP contribution in [0.4, 0.5) is 17.6 Å². The summed E-state index contributed by atoms with van der Waals surface area (Å²) < 4.78 is 44.3. The highest BCUT2D eigenvalue weighted by Gasteiger charge is 2.36. The first kappa shape index (κ1) is 11.7. The number of hydrogen-bond donors (Lipinski definition) is 1. The van der Waals surface area contributed by atoms with Crippen LogP contribution in [0.3, 0.4) is 0 Å². The Hall–Kier alpha value is -0.0300. The van der Waals surface area contributed by atoms with Gasteiger partial charge < -0.3 is 5.73 Å². The molecule has 1 nitrogen and oxygen atoms in total. The number of hydrogen-bond acceptors (Lipinski definition) is 1. The quantitative estimate of drug-likeness (QED) is 0.585. The molecule has 0 aromatic rings. The first-order valence-electron chi connectivity index (χ1n) is 1.86. The Morgan fingerprint density at radius 2 is 1.67 bits per heavy atom. The fraction of sp³-hybridized carbons (Fsp3) is 1.00. The lowest BCUT2D eigenvalue weighted by atomic mass is 10.3. The fourth-order valence-corrected chi connectivity index (χ4v) is 0.0875. The first-order chi connectivity index (χ1) is 3.48. The van der Waals surface area contributed by atoms with E-state index in [-0.39, 0.29) is 12.4 Å². The minimum atomic E-state index is -4.59. The highest BCUT2D eigenvalue weighted by Crippen LogP contribution is 2.17. The van der Waals surface area contributed by atoms with Gasteiger partial charge in [0.05, 0.1) is 0 Å². The maximum Gasteiger partial charge on any atom is 0.406 e. The summed E-state index contributed by atoms with van der Waals surface area (Å²) in [6.45, 7) is -1.55. The van der Waals surface area contributed by atoms with Crippen molar-refractivity contribution in [2.75, 3.05) is 6.67 Å². The van der Waals surface area contributed by atoms with Crippen molar-refractivity contribution in [3.05, 3.63) is 0 Å². The van der Waals surface area contributed by atoms with Crippen molar-refractivity contribution in [1.29, 1.82) is 0 Å². The van der Waals surface area contributed by atoms with Crippen LogP contribution >= 0.6 is 12.4 Å². The first-order valence-corrected chi connectivity index (χ1v) is 1.86. The van der Waals surface area contributed by atoms with Crippen molar-refractivity contribution in [2.24, 2.45) is 5.73 Å². The molecule has 0 unspecified atom stereocenters. The van der Waals surface area contributed by atoms with Gasteiger partial charge in [-0.3, -0.25) is 0 Å². The maximum atomic E-state index is 11.1. The Bertz CT molecular complexity index is 72.7. The second-order valence-electron chi connectivity index (χ2n) is 1.30. The van der Waals surface area contributed by atoms with E-state index < -0.39 is 18.9 Å². The van der Waals surface area contributed by atoms with E-state index in [1.54, 1.807) is 0 Å². The van der Waals surface area contributed by atoms with Crippen molar-refractivity contribution >= 4 is 12.4 Å². The molecular formula is C3H6ClF4N. The van der Waals surface area contributed by atoms with Crippen LogP contribution in [0.2, 0.25) is 0 Å². The second kappa shape index (κ2) is 3.90. The van der Waals surface area contributed by atoms with Gasteiger partial charge in [0, 0.05) is 0 Å². The van der Waals surface area contributed by atoms with Crippen LogP contribution in [-0.4, -0.2) is 18.9 Å². The molecule has 0 aliphatic heterocycles. The largest absolute Gasteiger partial charge is 0.406 e. The Morgan fingerprint density at radius 3 is 1.67 bits per heavy atom. The van der Waals surface area contributed by atoms with Crippen LogP contribution in [0.15, 0.2) is 0 Å². The van der Waals surface area contributed by atoms with E-state index in [9.17, 15) is 17.6 Å². The Morgan fingerprint density at radius 1 is 1.33 bits per heavy atom. The molecule has 0 aliphatic rings. The van der Waals surface area contributed by atoms with Crippen LogP contribution in [-0.2, 0) is 0 Å². The van der Waals surface area contributed by atoms with Crippen LogP contribution < -0.4 is 5.73 Å². The summed E-state index contributed by atoms with van der Waals surface area (Å²) in [5.74, 6) is 0. The fourth-order valence-electron chi connectivity index (χ4n) is 0.0875. The molecule has 0 spiro atoms. The van der Waals surface area contributed by atoms with Crippen LogP contribution in [0.1, 0.15) is 0 Å². The SMILES string of the molecule is Cl.N[C@@H](CF)C(F)(F)F. The molecule has 0 aromatic carbocycles. The molecular weight excluding hydrogens is 161 g/mol. The molecule has 0 aromatic heterocycles. The molecule has 0 fully saturated rings. The molecule has 2 N–H and O–H groups in total. The lowest BCUT2D eigenvalue weighted by Crippen LogP contribution is -2.38. The molecule has 0 amide bonds. The van der Waals surface area contributed by atoms with Crippen LogP contribution in [0.25, 0.3) is 0 Å². The van der Waals surface area contributed by atoms with E-state index in [1.807, 2.05) is 0 Å². The average molecular weight is 168 g/mol. The van der Waals surface area contributed by atoms with Gasteiger partial charge in [-0.1, -0.05) is 0 Å². The van der Waals surface area contributed by atoms with Gasteiger partial charge in [0.2, 0.25) is 0 Å². The lowest BCUT2D eigenvalue weighted by Gasteiger charge is -2.09. The number of alkyl halides is 4. The molecule has 9 heavy (non-hydrogen) atoms. The summed E-state index contributed by atoms with van der Waals surface area (Å²) in [5, 5.41) is 0. The predicted molar refractivity (Wildman–Crippen MR) is 27.3 cm³/mol. The molecule has 0 rings (SSSR count). The monoisotopic (exact) mass is 167 g/mol. The third-order valence-corrected chi connectivity index (χ3v) is 0.587. The van der Waals surface area contributed by atoms with E-state index >= 15 is 0 Å². The number of halogens is 5. The van der Waals surface area contributed by atoms with E-state index in [1.165, 1.54) is 0 Å². The Kier molecular flexibility index (Phi) is 5.08. The molecule has 0 bridgehead atoms. The highest BCUT2D eigenvalue weighted by molar-refractivity contribution is 5.85. The van der Waals surface area contributed by atoms with Crippen LogP contribution in [0, 0.1) is 0 Å². The normalized spacial score (nSPS) is 14.3. The van der Waals surface area contributed by atoms with E-state index in [2.05, 4.69) is 5.73 Å². The van der Waals surface area contributed by atoms with Gasteiger partial charge >= 0.3 is 6.18 Å². The second-order valence-corrected chi connectivity index (χ2v) is 1.30. The Balaban J connectivity index is 0. The van der Waals surface area contributed by atoms with Gasteiger partial charge in [-0.15, -0.1) is 12.4 Å². The van der Waals surface area contributed by atoms with Gasteiger partial charge in [0.1, 0.15) is 12.7 Å². The third kappa shape index (κ3) is 4.47. The summed E-state index contributed by atoms with van der Waals surface area (Å²) in [5.41, 5.74) is 4.25. The van der Waals surface area contributed by atoms with Gasteiger partial charge in [-0.25, -0.2) is 4.39 Å². The maximum absolute atomic E-state index is 11.1. The molecule has 0 radical (unpaired) electrons. The third-order valence-electron chi connectivity index (χ3n) is 0.587. The predicted octanol–water partition coefficient (Wildman–Crippen LogP) is 1.27. The van der Waals surface area contributed by atoms with Crippen molar-refractivity contribution in [1.82, 2.24) is 0 Å². The van der Waals surface area contributed by atoms with Gasteiger partial charge in [0.15, 0.2) is 0 Å². The zero-order valence-corrected chi connectivity index (χ0v) is 5.10. The number of nitrogens with two attached hydrogens (primary N) is 1. The molecule has 0 saturated carbocycles. The van der Waals surface area contributed by atoms with Crippen molar-refractivity contribution in [3.63, 3.8) is 0 Å². The van der Waals surface area contributed by atoms with Crippen molar-refractivity contribution < 1.29 is 17.6 Å². The molecule has 1 atom stereocenters. The Labute approximate surface area is 55.6 Å². The zero-order chi connectivity index (χ0) is 6.78. The van der Waals surface area contributed by atoms with Crippen molar-refractivity contribution in [2.45, 2.75) is 12.2 Å². The smallest absolute Gasteiger partial charge is 0.318 e. The summed E-state index contributed by atoms with van der Waals surface area (Å²) in [7, 11) is 0.